The van der Waals surface area contributed by atoms with Crippen LogP contribution in [0.1, 0.15) is 44.4 Å². The number of aromatic nitrogens is 4. The molecular formula is C16H26N6O2. The number of hydrogen-bond donors (Lipinski definition) is 2. The number of carbonyl (C=O) groups excluding carboxylic acids is 1. The molecule has 0 aliphatic carbocycles. The van der Waals surface area contributed by atoms with E-state index >= 15 is 0 Å². The summed E-state index contributed by atoms with van der Waals surface area (Å²) in [5.41, 5.74) is 1.30. The molecule has 0 aliphatic heterocycles. The highest BCUT2D eigenvalue weighted by atomic mass is 16.5. The van der Waals surface area contributed by atoms with Gasteiger partial charge in [-0.15, -0.1) is 0 Å². The Bertz CT molecular complexity index is 695. The average Bonchev–Trinajstić information content (AvgIpc) is 2.96. The van der Waals surface area contributed by atoms with Gasteiger partial charge >= 0.3 is 0 Å². The van der Waals surface area contributed by atoms with Crippen molar-refractivity contribution in [2.45, 2.75) is 33.7 Å². The van der Waals surface area contributed by atoms with Crippen molar-refractivity contribution in [3.05, 3.63) is 12.2 Å². The number of carbonyl (C=O) groups is 1. The number of anilines is 1. The molecule has 0 saturated heterocycles. The van der Waals surface area contributed by atoms with Crippen LogP contribution in [0.3, 0.4) is 0 Å². The average molecular weight is 334 g/mol. The van der Waals surface area contributed by atoms with E-state index in [0.29, 0.717) is 42.6 Å². The summed E-state index contributed by atoms with van der Waals surface area (Å²) < 4.78 is 6.98. The van der Waals surface area contributed by atoms with Crippen LogP contribution in [0, 0.1) is 5.92 Å². The van der Waals surface area contributed by atoms with Crippen molar-refractivity contribution < 1.29 is 9.53 Å². The molecule has 2 heterocycles. The highest BCUT2D eigenvalue weighted by Gasteiger charge is 2.18. The van der Waals surface area contributed by atoms with Crippen molar-refractivity contribution >= 4 is 22.9 Å². The third-order valence-electron chi connectivity index (χ3n) is 3.45. The normalized spacial score (nSPS) is 11.5. The van der Waals surface area contributed by atoms with Gasteiger partial charge in [0.15, 0.2) is 11.5 Å². The van der Waals surface area contributed by atoms with Crippen LogP contribution in [0.25, 0.3) is 11.2 Å². The maximum absolute atomic E-state index is 12.4. The number of methoxy groups -OCH3 is 1. The number of fused-ring (bicyclic) bond motifs is 1. The minimum atomic E-state index is -0.281. The number of ether oxygens (including phenoxy) is 1. The van der Waals surface area contributed by atoms with Crippen molar-refractivity contribution in [2.24, 2.45) is 5.92 Å². The van der Waals surface area contributed by atoms with Crippen LogP contribution in [-0.2, 0) is 4.74 Å². The van der Waals surface area contributed by atoms with Gasteiger partial charge in [0.25, 0.3) is 5.91 Å². The summed E-state index contributed by atoms with van der Waals surface area (Å²) >= 11 is 0. The van der Waals surface area contributed by atoms with Crippen molar-refractivity contribution in [1.82, 2.24) is 24.8 Å². The molecular weight excluding hydrogens is 308 g/mol. The van der Waals surface area contributed by atoms with Crippen LogP contribution < -0.4 is 10.6 Å². The van der Waals surface area contributed by atoms with Crippen LogP contribution in [-0.4, -0.2) is 52.2 Å². The monoisotopic (exact) mass is 334 g/mol. The van der Waals surface area contributed by atoms with Crippen molar-refractivity contribution in [3.8, 4) is 0 Å². The zero-order chi connectivity index (χ0) is 17.7. The summed E-state index contributed by atoms with van der Waals surface area (Å²) in [4.78, 5) is 25.5. The van der Waals surface area contributed by atoms with Crippen LogP contribution in [0.2, 0.25) is 0 Å². The highest BCUT2D eigenvalue weighted by molar-refractivity contribution is 5.94. The van der Waals surface area contributed by atoms with E-state index in [4.69, 9.17) is 4.74 Å². The standard InChI is InChI=1S/C16H26N6O2/c1-10(2)8-18-16(23)14-20-13(17-6-7-24-5)12-15(21-14)22(9-19-12)11(3)4/h9-11H,6-8H2,1-5H3,(H,18,23)(H,17,20,21). The number of rotatable bonds is 8. The van der Waals surface area contributed by atoms with E-state index in [1.54, 1.807) is 13.4 Å². The summed E-state index contributed by atoms with van der Waals surface area (Å²) in [6.07, 6.45) is 1.72. The number of hydrogen-bond acceptors (Lipinski definition) is 6. The third-order valence-corrected chi connectivity index (χ3v) is 3.45. The Hall–Kier alpha value is -2.22. The zero-order valence-corrected chi connectivity index (χ0v) is 15.0. The Labute approximate surface area is 142 Å². The fourth-order valence-electron chi connectivity index (χ4n) is 2.17. The Morgan fingerprint density at radius 2 is 2.04 bits per heavy atom. The molecule has 8 nitrogen and oxygen atoms in total. The Morgan fingerprint density at radius 1 is 1.29 bits per heavy atom. The van der Waals surface area contributed by atoms with Crippen LogP contribution in [0.5, 0.6) is 0 Å². The Kier molecular flexibility index (Phi) is 6.08. The lowest BCUT2D eigenvalue weighted by Gasteiger charge is -2.11. The SMILES string of the molecule is COCCNc1nc(C(=O)NCC(C)C)nc2c1ncn2C(C)C. The summed E-state index contributed by atoms with van der Waals surface area (Å²) in [7, 11) is 1.63. The summed E-state index contributed by atoms with van der Waals surface area (Å²) in [6, 6.07) is 0.184. The molecule has 0 spiro atoms. The van der Waals surface area contributed by atoms with E-state index in [9.17, 15) is 4.79 Å². The molecule has 2 aromatic rings. The van der Waals surface area contributed by atoms with E-state index in [1.807, 2.05) is 32.3 Å². The van der Waals surface area contributed by atoms with Gasteiger partial charge in [-0.2, -0.15) is 0 Å². The lowest BCUT2D eigenvalue weighted by Crippen LogP contribution is -2.29. The summed E-state index contributed by atoms with van der Waals surface area (Å²) in [6.45, 7) is 9.84. The first-order valence-electron chi connectivity index (χ1n) is 8.19. The minimum Gasteiger partial charge on any atom is -0.383 e. The molecule has 8 heteroatoms. The molecule has 24 heavy (non-hydrogen) atoms. The van der Waals surface area contributed by atoms with Gasteiger partial charge in [0.1, 0.15) is 5.52 Å². The van der Waals surface area contributed by atoms with Crippen LogP contribution in [0.4, 0.5) is 5.82 Å². The van der Waals surface area contributed by atoms with Crippen molar-refractivity contribution in [3.63, 3.8) is 0 Å². The fourth-order valence-corrected chi connectivity index (χ4v) is 2.17. The van der Waals surface area contributed by atoms with Gasteiger partial charge in [0.05, 0.1) is 12.9 Å². The third kappa shape index (κ3) is 4.19. The number of nitrogens with zero attached hydrogens (tertiary/aromatic N) is 4. The molecule has 2 aromatic heterocycles. The molecule has 0 atom stereocenters. The molecule has 2 rings (SSSR count). The van der Waals surface area contributed by atoms with E-state index in [1.165, 1.54) is 0 Å². The predicted molar refractivity (Wildman–Crippen MR) is 93.2 cm³/mol. The lowest BCUT2D eigenvalue weighted by atomic mass is 10.2. The Morgan fingerprint density at radius 3 is 2.67 bits per heavy atom. The second kappa shape index (κ2) is 8.05. The fraction of sp³-hybridized carbons (Fsp3) is 0.625. The van der Waals surface area contributed by atoms with Crippen molar-refractivity contribution in [1.29, 1.82) is 0 Å². The molecule has 0 aromatic carbocycles. The number of imidazole rings is 1. The van der Waals surface area contributed by atoms with E-state index in [-0.39, 0.29) is 17.8 Å². The minimum absolute atomic E-state index is 0.144. The molecule has 0 saturated carbocycles. The predicted octanol–water partition coefficient (Wildman–Crippen LogP) is 1.85. The maximum atomic E-state index is 12.4. The molecule has 0 aliphatic rings. The van der Waals surface area contributed by atoms with Gasteiger partial charge in [-0.3, -0.25) is 4.79 Å². The highest BCUT2D eigenvalue weighted by Crippen LogP contribution is 2.21. The van der Waals surface area contributed by atoms with Gasteiger partial charge in [-0.25, -0.2) is 15.0 Å². The van der Waals surface area contributed by atoms with E-state index < -0.39 is 0 Å². The molecule has 1 amide bonds. The molecule has 0 unspecified atom stereocenters. The second-order valence-electron chi connectivity index (χ2n) is 6.34. The van der Waals surface area contributed by atoms with Crippen LogP contribution in [0.15, 0.2) is 6.33 Å². The van der Waals surface area contributed by atoms with E-state index in [0.717, 1.165) is 0 Å². The second-order valence-corrected chi connectivity index (χ2v) is 6.34. The van der Waals surface area contributed by atoms with Crippen LogP contribution >= 0.6 is 0 Å². The first kappa shape index (κ1) is 18.1. The molecule has 2 N–H and O–H groups in total. The molecule has 132 valence electrons. The molecule has 0 radical (unpaired) electrons. The number of nitrogens with one attached hydrogen (secondary N) is 2. The topological polar surface area (TPSA) is 94.0 Å². The molecule has 0 fully saturated rings. The van der Waals surface area contributed by atoms with Gasteiger partial charge in [-0.1, -0.05) is 13.8 Å². The maximum Gasteiger partial charge on any atom is 0.289 e. The van der Waals surface area contributed by atoms with Gasteiger partial charge < -0.3 is 19.9 Å². The van der Waals surface area contributed by atoms with Gasteiger partial charge in [-0.05, 0) is 19.8 Å². The first-order chi connectivity index (χ1) is 11.4. The quantitative estimate of drug-likeness (QED) is 0.716. The van der Waals surface area contributed by atoms with Crippen molar-refractivity contribution in [2.75, 3.05) is 32.1 Å². The number of amides is 1. The van der Waals surface area contributed by atoms with Gasteiger partial charge in [0, 0.05) is 26.2 Å². The summed E-state index contributed by atoms with van der Waals surface area (Å²) in [5, 5.41) is 6.02. The smallest absolute Gasteiger partial charge is 0.289 e. The summed E-state index contributed by atoms with van der Waals surface area (Å²) in [5.74, 6) is 0.770. The largest absolute Gasteiger partial charge is 0.383 e. The van der Waals surface area contributed by atoms with E-state index in [2.05, 4.69) is 25.6 Å². The molecule has 0 bridgehead atoms. The first-order valence-corrected chi connectivity index (χ1v) is 8.19. The Balaban J connectivity index is 2.39. The zero-order valence-electron chi connectivity index (χ0n) is 15.0. The lowest BCUT2D eigenvalue weighted by molar-refractivity contribution is 0.0939. The van der Waals surface area contributed by atoms with Gasteiger partial charge in [0.2, 0.25) is 5.82 Å².